The maximum Gasteiger partial charge on any atom is 0.336 e. The Kier molecular flexibility index (Phi) is 8.41. The van der Waals surface area contributed by atoms with Gasteiger partial charge in [-0.3, -0.25) is 0 Å². The number of ether oxygens (including phenoxy) is 1. The summed E-state index contributed by atoms with van der Waals surface area (Å²) in [6, 6.07) is 0. The fourth-order valence-corrected chi connectivity index (χ4v) is 4.13. The average Bonchev–Trinajstić information content (AvgIpc) is 3.45. The van der Waals surface area contributed by atoms with Gasteiger partial charge in [0.15, 0.2) is 16.6 Å². The van der Waals surface area contributed by atoms with Crippen molar-refractivity contribution in [3.63, 3.8) is 0 Å². The maximum atomic E-state index is 12.9. The van der Waals surface area contributed by atoms with Crippen LogP contribution in [0, 0.1) is 0 Å². The molecule has 0 aliphatic carbocycles. The minimum absolute atomic E-state index is 0.000939. The molecule has 0 saturated carbocycles. The zero-order valence-electron chi connectivity index (χ0n) is 19.2. The van der Waals surface area contributed by atoms with Crippen molar-refractivity contribution in [3.8, 4) is 0 Å². The first-order chi connectivity index (χ1) is 14.2. The Labute approximate surface area is 183 Å². The standard InChI is InChI=1S/C18H35N3O8Si2/c1-30(2,3)28-10-13(22)7-19-16(24)20(8-14(23)11-29-31(4,5)6)18(26)21(17(19)25)9-15-12-27-15/h13-15,22-23H,7-12H2,1-6H3. The molecule has 1 saturated heterocycles. The molecule has 3 atom stereocenters. The molecule has 2 rings (SSSR count). The van der Waals surface area contributed by atoms with E-state index >= 15 is 0 Å². The summed E-state index contributed by atoms with van der Waals surface area (Å²) in [4.78, 5) is 38.6. The average molecular weight is 478 g/mol. The molecule has 0 amide bonds. The number of aliphatic hydroxyl groups excluding tert-OH is 2. The van der Waals surface area contributed by atoms with Gasteiger partial charge in [-0.15, -0.1) is 0 Å². The van der Waals surface area contributed by atoms with Crippen LogP contribution in [0.25, 0.3) is 0 Å². The van der Waals surface area contributed by atoms with Crippen LogP contribution in [-0.4, -0.2) is 78.7 Å². The zero-order chi connectivity index (χ0) is 23.6. The van der Waals surface area contributed by atoms with Gasteiger partial charge in [-0.1, -0.05) is 0 Å². The number of aliphatic hydroxyl groups is 2. The summed E-state index contributed by atoms with van der Waals surface area (Å²) in [5.74, 6) is 0. The minimum Gasteiger partial charge on any atom is -0.415 e. The summed E-state index contributed by atoms with van der Waals surface area (Å²) < 4.78 is 19.0. The summed E-state index contributed by atoms with van der Waals surface area (Å²) in [5, 5.41) is 20.7. The second-order valence-electron chi connectivity index (χ2n) is 9.79. The van der Waals surface area contributed by atoms with Gasteiger partial charge in [0.05, 0.1) is 57.8 Å². The summed E-state index contributed by atoms with van der Waals surface area (Å²) >= 11 is 0. The summed E-state index contributed by atoms with van der Waals surface area (Å²) in [6.07, 6.45) is -2.48. The summed E-state index contributed by atoms with van der Waals surface area (Å²) in [7, 11) is -3.80. The van der Waals surface area contributed by atoms with E-state index in [0.29, 0.717) is 6.61 Å². The zero-order valence-corrected chi connectivity index (χ0v) is 21.2. The van der Waals surface area contributed by atoms with Gasteiger partial charge in [0, 0.05) is 0 Å². The number of hydrogen-bond acceptors (Lipinski definition) is 8. The fourth-order valence-electron chi connectivity index (χ4n) is 2.75. The maximum absolute atomic E-state index is 12.9. The molecule has 1 aliphatic rings. The molecule has 1 aliphatic heterocycles. The highest BCUT2D eigenvalue weighted by Crippen LogP contribution is 2.09. The Hall–Kier alpha value is -1.36. The normalized spacial score (nSPS) is 18.8. The molecule has 1 fully saturated rings. The van der Waals surface area contributed by atoms with Crippen LogP contribution in [0.2, 0.25) is 39.3 Å². The van der Waals surface area contributed by atoms with Gasteiger partial charge in [-0.2, -0.15) is 0 Å². The lowest BCUT2D eigenvalue weighted by Gasteiger charge is -2.22. The third-order valence-electron chi connectivity index (χ3n) is 4.38. The lowest BCUT2D eigenvalue weighted by atomic mass is 10.3. The van der Waals surface area contributed by atoms with Crippen molar-refractivity contribution < 1.29 is 23.8 Å². The third-order valence-corrected chi connectivity index (χ3v) is 6.44. The molecule has 0 spiro atoms. The van der Waals surface area contributed by atoms with Crippen molar-refractivity contribution in [1.82, 2.24) is 13.7 Å². The summed E-state index contributed by atoms with van der Waals surface area (Å²) in [5.41, 5.74) is -2.52. The van der Waals surface area contributed by atoms with E-state index in [0.717, 1.165) is 13.7 Å². The van der Waals surface area contributed by atoms with Gasteiger partial charge in [-0.25, -0.2) is 28.1 Å². The molecule has 1 aromatic heterocycles. The van der Waals surface area contributed by atoms with E-state index in [1.165, 1.54) is 0 Å². The van der Waals surface area contributed by atoms with Crippen LogP contribution >= 0.6 is 0 Å². The van der Waals surface area contributed by atoms with E-state index in [-0.39, 0.29) is 39.0 Å². The van der Waals surface area contributed by atoms with E-state index in [9.17, 15) is 24.6 Å². The number of hydrogen-bond donors (Lipinski definition) is 2. The lowest BCUT2D eigenvalue weighted by Crippen LogP contribution is -2.57. The van der Waals surface area contributed by atoms with Crippen molar-refractivity contribution in [1.29, 1.82) is 0 Å². The highest BCUT2D eigenvalue weighted by Gasteiger charge is 2.28. The third kappa shape index (κ3) is 8.25. The van der Waals surface area contributed by atoms with E-state index in [1.807, 2.05) is 39.3 Å². The molecule has 1 aromatic rings. The summed E-state index contributed by atoms with van der Waals surface area (Å²) in [6.45, 7) is 11.5. The van der Waals surface area contributed by atoms with E-state index < -0.39 is 45.9 Å². The van der Waals surface area contributed by atoms with Gasteiger partial charge < -0.3 is 23.8 Å². The van der Waals surface area contributed by atoms with Crippen LogP contribution in [0.3, 0.4) is 0 Å². The van der Waals surface area contributed by atoms with Gasteiger partial charge in [0.1, 0.15) is 0 Å². The lowest BCUT2D eigenvalue weighted by molar-refractivity contribution is 0.0783. The predicted molar refractivity (Wildman–Crippen MR) is 120 cm³/mol. The highest BCUT2D eigenvalue weighted by atomic mass is 28.4. The molecule has 31 heavy (non-hydrogen) atoms. The van der Waals surface area contributed by atoms with Crippen molar-refractivity contribution in [2.45, 2.75) is 77.2 Å². The number of rotatable bonds is 12. The van der Waals surface area contributed by atoms with Crippen LogP contribution in [0.15, 0.2) is 14.4 Å². The molecule has 3 unspecified atom stereocenters. The first-order valence-corrected chi connectivity index (χ1v) is 17.2. The van der Waals surface area contributed by atoms with Crippen molar-refractivity contribution in [3.05, 3.63) is 31.5 Å². The Balaban J connectivity index is 2.33. The molecular formula is C18H35N3O8Si2. The molecule has 0 radical (unpaired) electrons. The quantitative estimate of drug-likeness (QED) is 0.289. The Bertz CT molecular complexity index is 860. The Morgan fingerprint density at radius 3 is 1.52 bits per heavy atom. The van der Waals surface area contributed by atoms with Gasteiger partial charge in [-0.05, 0) is 39.3 Å². The van der Waals surface area contributed by atoms with Crippen LogP contribution < -0.4 is 17.1 Å². The molecule has 0 aromatic carbocycles. The molecule has 2 heterocycles. The van der Waals surface area contributed by atoms with Crippen molar-refractivity contribution >= 4 is 16.6 Å². The largest absolute Gasteiger partial charge is 0.415 e. The molecule has 0 bridgehead atoms. The van der Waals surface area contributed by atoms with Crippen LogP contribution in [0.1, 0.15) is 0 Å². The molecule has 178 valence electrons. The van der Waals surface area contributed by atoms with Crippen LogP contribution in [0.4, 0.5) is 0 Å². The van der Waals surface area contributed by atoms with E-state index in [2.05, 4.69) is 0 Å². The van der Waals surface area contributed by atoms with E-state index in [1.54, 1.807) is 0 Å². The second kappa shape index (κ2) is 10.1. The number of nitrogens with zero attached hydrogens (tertiary/aromatic N) is 3. The van der Waals surface area contributed by atoms with E-state index in [4.69, 9.17) is 13.6 Å². The fraction of sp³-hybridized carbons (Fsp3) is 0.833. The van der Waals surface area contributed by atoms with Crippen molar-refractivity contribution in [2.75, 3.05) is 19.8 Å². The Morgan fingerprint density at radius 1 is 0.839 bits per heavy atom. The monoisotopic (exact) mass is 477 g/mol. The number of epoxide rings is 1. The molecule has 11 nitrogen and oxygen atoms in total. The van der Waals surface area contributed by atoms with Gasteiger partial charge in [0.2, 0.25) is 0 Å². The molecule has 2 N–H and O–H groups in total. The minimum atomic E-state index is -1.90. The van der Waals surface area contributed by atoms with Crippen LogP contribution in [-0.2, 0) is 33.2 Å². The highest BCUT2D eigenvalue weighted by molar-refractivity contribution is 6.70. The first-order valence-electron chi connectivity index (χ1n) is 10.4. The second-order valence-corrected chi connectivity index (χ2v) is 18.8. The van der Waals surface area contributed by atoms with Gasteiger partial charge >= 0.3 is 17.1 Å². The molecule has 13 heteroatoms. The Morgan fingerprint density at radius 2 is 1.19 bits per heavy atom. The SMILES string of the molecule is C[Si](C)(C)OCC(O)Cn1c(=O)n(CC(O)CO[Si](C)(C)C)c(=O)n(CC2CO2)c1=O. The van der Waals surface area contributed by atoms with Crippen LogP contribution in [0.5, 0.6) is 0 Å². The first kappa shape index (κ1) is 25.9. The molecular weight excluding hydrogens is 442 g/mol. The number of aromatic nitrogens is 3. The predicted octanol–water partition coefficient (Wildman–Crippen LogP) is -1.00. The topological polar surface area (TPSA) is 137 Å². The smallest absolute Gasteiger partial charge is 0.336 e. The van der Waals surface area contributed by atoms with Crippen molar-refractivity contribution in [2.24, 2.45) is 0 Å². The van der Waals surface area contributed by atoms with Gasteiger partial charge in [0.25, 0.3) is 0 Å².